The quantitative estimate of drug-likeness (QED) is 0.323. The zero-order chi connectivity index (χ0) is 26.1. The fourth-order valence-electron chi connectivity index (χ4n) is 4.56. The minimum absolute atomic E-state index is 0.0201. The highest BCUT2D eigenvalue weighted by molar-refractivity contribution is 8.13. The van der Waals surface area contributed by atoms with Gasteiger partial charge in [0.15, 0.2) is 5.65 Å². The third kappa shape index (κ3) is 5.68. The number of aromatic nitrogens is 2. The highest BCUT2D eigenvalue weighted by Crippen LogP contribution is 2.34. The SMILES string of the molecule is CCOC(=O)c1cnc2c(ccn2S(=O)(=O)c2ccc(C)cc2)c1NC1CCC(CS(=O)(=O)Cl)CC1. The van der Waals surface area contributed by atoms with Crippen LogP contribution in [0.25, 0.3) is 11.0 Å². The van der Waals surface area contributed by atoms with Crippen molar-refractivity contribution in [3.63, 3.8) is 0 Å². The van der Waals surface area contributed by atoms with Gasteiger partial charge in [-0.15, -0.1) is 0 Å². The molecule has 12 heteroatoms. The van der Waals surface area contributed by atoms with Crippen LogP contribution >= 0.6 is 10.7 Å². The van der Waals surface area contributed by atoms with Crippen molar-refractivity contribution in [3.05, 3.63) is 53.9 Å². The minimum atomic E-state index is -3.92. The van der Waals surface area contributed by atoms with Crippen molar-refractivity contribution in [3.8, 4) is 0 Å². The Morgan fingerprint density at radius 2 is 1.78 bits per heavy atom. The molecule has 0 aliphatic heterocycles. The zero-order valence-corrected chi connectivity index (χ0v) is 22.4. The van der Waals surface area contributed by atoms with Gasteiger partial charge in [-0.25, -0.2) is 30.6 Å². The Morgan fingerprint density at radius 3 is 2.39 bits per heavy atom. The number of rotatable bonds is 8. The number of nitrogens with zero attached hydrogens (tertiary/aromatic N) is 2. The van der Waals surface area contributed by atoms with Crippen LogP contribution in [0.2, 0.25) is 0 Å². The summed E-state index contributed by atoms with van der Waals surface area (Å²) < 4.78 is 55.9. The van der Waals surface area contributed by atoms with Crippen molar-refractivity contribution in [1.29, 1.82) is 0 Å². The highest BCUT2D eigenvalue weighted by atomic mass is 35.7. The summed E-state index contributed by atoms with van der Waals surface area (Å²) in [6.45, 7) is 3.75. The zero-order valence-electron chi connectivity index (χ0n) is 20.0. The Labute approximate surface area is 215 Å². The molecule has 36 heavy (non-hydrogen) atoms. The fraction of sp³-hybridized carbons (Fsp3) is 0.417. The molecule has 0 radical (unpaired) electrons. The molecule has 0 amide bonds. The number of carbonyl (C=O) groups is 1. The molecule has 1 aliphatic carbocycles. The molecule has 1 N–H and O–H groups in total. The van der Waals surface area contributed by atoms with Crippen molar-refractivity contribution < 1.29 is 26.4 Å². The van der Waals surface area contributed by atoms with Gasteiger partial charge in [0.2, 0.25) is 9.05 Å². The van der Waals surface area contributed by atoms with Crippen LogP contribution in [0.5, 0.6) is 0 Å². The number of anilines is 1. The molecule has 0 saturated heterocycles. The molecule has 4 rings (SSSR count). The summed E-state index contributed by atoms with van der Waals surface area (Å²) in [6.07, 6.45) is 5.42. The predicted octanol–water partition coefficient (Wildman–Crippen LogP) is 4.30. The standard InChI is InChI=1S/C24H28ClN3O6S2/c1-3-34-24(29)21-14-26-23-20(12-13-28(23)36(32,33)19-10-4-16(2)5-11-19)22(21)27-18-8-6-17(7-9-18)15-35(25,30)31/h4-5,10-14,17-18H,3,6-9,15H2,1-2H3,(H,26,27). The van der Waals surface area contributed by atoms with Crippen LogP contribution < -0.4 is 5.32 Å². The molecule has 1 saturated carbocycles. The van der Waals surface area contributed by atoms with Gasteiger partial charge in [-0.05, 0) is 63.6 Å². The van der Waals surface area contributed by atoms with Crippen molar-refractivity contribution in [2.45, 2.75) is 50.5 Å². The second kappa shape index (κ2) is 10.4. The fourth-order valence-corrected chi connectivity index (χ4v) is 7.29. The van der Waals surface area contributed by atoms with Gasteiger partial charge in [0.05, 0.1) is 22.9 Å². The van der Waals surface area contributed by atoms with E-state index >= 15 is 0 Å². The van der Waals surface area contributed by atoms with E-state index in [1.165, 1.54) is 12.4 Å². The first kappa shape index (κ1) is 26.4. The van der Waals surface area contributed by atoms with E-state index in [-0.39, 0.29) is 40.4 Å². The van der Waals surface area contributed by atoms with Gasteiger partial charge in [0.1, 0.15) is 5.56 Å². The Balaban J connectivity index is 1.70. The van der Waals surface area contributed by atoms with E-state index in [0.717, 1.165) is 9.54 Å². The van der Waals surface area contributed by atoms with E-state index in [1.54, 1.807) is 37.3 Å². The monoisotopic (exact) mass is 553 g/mol. The van der Waals surface area contributed by atoms with Crippen LogP contribution in [-0.4, -0.2) is 50.2 Å². The molecule has 2 aromatic heterocycles. The summed E-state index contributed by atoms with van der Waals surface area (Å²) in [5, 5.41) is 3.87. The number of halogens is 1. The molecule has 1 fully saturated rings. The lowest BCUT2D eigenvalue weighted by Crippen LogP contribution is -2.29. The molecule has 0 spiro atoms. The van der Waals surface area contributed by atoms with Crippen LogP contribution in [0, 0.1) is 12.8 Å². The van der Waals surface area contributed by atoms with Crippen LogP contribution in [-0.2, 0) is 23.8 Å². The third-order valence-electron chi connectivity index (χ3n) is 6.38. The molecular weight excluding hydrogens is 526 g/mol. The lowest BCUT2D eigenvalue weighted by Gasteiger charge is -2.29. The number of fused-ring (bicyclic) bond motifs is 1. The number of carbonyl (C=O) groups excluding carboxylic acids is 1. The smallest absolute Gasteiger partial charge is 0.341 e. The molecule has 9 nitrogen and oxygen atoms in total. The second-order valence-electron chi connectivity index (χ2n) is 9.00. The van der Waals surface area contributed by atoms with Crippen molar-refractivity contribution in [2.75, 3.05) is 17.7 Å². The third-order valence-corrected chi connectivity index (χ3v) is 9.31. The van der Waals surface area contributed by atoms with Gasteiger partial charge in [-0.1, -0.05) is 17.7 Å². The summed E-state index contributed by atoms with van der Waals surface area (Å²) >= 11 is 0. The summed E-state index contributed by atoms with van der Waals surface area (Å²) in [5.41, 5.74) is 1.78. The molecule has 1 aliphatic rings. The topological polar surface area (TPSA) is 124 Å². The van der Waals surface area contributed by atoms with E-state index in [1.807, 2.05) is 6.92 Å². The summed E-state index contributed by atoms with van der Waals surface area (Å²) in [5.74, 6) is -0.645. The molecule has 0 bridgehead atoms. The molecule has 0 atom stereocenters. The minimum Gasteiger partial charge on any atom is -0.462 e. The largest absolute Gasteiger partial charge is 0.462 e. The number of pyridine rings is 1. The lowest BCUT2D eigenvalue weighted by atomic mass is 9.87. The summed E-state index contributed by atoms with van der Waals surface area (Å²) in [7, 11) is -2.06. The molecule has 1 aromatic carbocycles. The van der Waals surface area contributed by atoms with Crippen LogP contribution in [0.4, 0.5) is 5.69 Å². The van der Waals surface area contributed by atoms with E-state index in [2.05, 4.69) is 10.3 Å². The molecule has 3 aromatic rings. The van der Waals surface area contributed by atoms with Crippen LogP contribution in [0.15, 0.2) is 47.6 Å². The molecule has 194 valence electrons. The first-order chi connectivity index (χ1) is 17.0. The highest BCUT2D eigenvalue weighted by Gasteiger charge is 2.28. The maximum atomic E-state index is 13.3. The van der Waals surface area contributed by atoms with Crippen molar-refractivity contribution in [2.24, 2.45) is 5.92 Å². The normalized spacial score (nSPS) is 18.8. The summed E-state index contributed by atoms with van der Waals surface area (Å²) in [4.78, 5) is 17.2. The Kier molecular flexibility index (Phi) is 7.63. The van der Waals surface area contributed by atoms with Gasteiger partial charge in [0, 0.05) is 34.5 Å². The number of aryl methyl sites for hydroxylation is 1. The number of nitrogens with one attached hydrogen (secondary N) is 1. The number of hydrogen-bond donors (Lipinski definition) is 1. The number of ether oxygens (including phenoxy) is 1. The number of hydrogen-bond acceptors (Lipinski definition) is 8. The van der Waals surface area contributed by atoms with Crippen LogP contribution in [0.1, 0.15) is 48.5 Å². The van der Waals surface area contributed by atoms with Gasteiger partial charge in [0.25, 0.3) is 10.0 Å². The maximum absolute atomic E-state index is 13.3. The average Bonchev–Trinajstić information content (AvgIpc) is 3.25. The van der Waals surface area contributed by atoms with Gasteiger partial charge in [-0.3, -0.25) is 0 Å². The molecule has 0 unspecified atom stereocenters. The first-order valence-electron chi connectivity index (χ1n) is 11.7. The number of benzene rings is 1. The van der Waals surface area contributed by atoms with Gasteiger partial charge >= 0.3 is 5.97 Å². The van der Waals surface area contributed by atoms with E-state index in [4.69, 9.17) is 15.4 Å². The van der Waals surface area contributed by atoms with E-state index in [0.29, 0.717) is 36.8 Å². The lowest BCUT2D eigenvalue weighted by molar-refractivity contribution is 0.0527. The second-order valence-corrected chi connectivity index (χ2v) is 13.6. The van der Waals surface area contributed by atoms with Crippen molar-refractivity contribution >= 4 is 52.4 Å². The Morgan fingerprint density at radius 1 is 1.11 bits per heavy atom. The molecular formula is C24H28ClN3O6S2. The maximum Gasteiger partial charge on any atom is 0.341 e. The predicted molar refractivity (Wildman–Crippen MR) is 138 cm³/mol. The molecule has 2 heterocycles. The Hall–Kier alpha value is -2.63. The van der Waals surface area contributed by atoms with E-state index in [9.17, 15) is 21.6 Å². The van der Waals surface area contributed by atoms with Gasteiger partial charge < -0.3 is 10.1 Å². The first-order valence-corrected chi connectivity index (χ1v) is 15.6. The summed E-state index contributed by atoms with van der Waals surface area (Å²) in [6, 6.07) is 8.11. The van der Waals surface area contributed by atoms with Gasteiger partial charge in [-0.2, -0.15) is 0 Å². The average molecular weight is 554 g/mol. The van der Waals surface area contributed by atoms with Crippen molar-refractivity contribution in [1.82, 2.24) is 8.96 Å². The Bertz CT molecular complexity index is 1480. The number of esters is 1. The van der Waals surface area contributed by atoms with Crippen LogP contribution in [0.3, 0.4) is 0 Å². The van der Waals surface area contributed by atoms with E-state index < -0.39 is 25.0 Å².